The lowest BCUT2D eigenvalue weighted by atomic mass is 9.89. The van der Waals surface area contributed by atoms with Crippen LogP contribution in [0.4, 0.5) is 0 Å². The molecule has 1 rings (SSSR count). The lowest BCUT2D eigenvalue weighted by Gasteiger charge is -2.16. The molecule has 0 saturated carbocycles. The Balaban J connectivity index is 2.90. The van der Waals surface area contributed by atoms with Gasteiger partial charge in [0.2, 0.25) is 0 Å². The van der Waals surface area contributed by atoms with Crippen LogP contribution in [0.15, 0.2) is 35.5 Å². The maximum Gasteiger partial charge on any atom is -0.0218 e. The first kappa shape index (κ1) is 8.32. The molecular weight excluding hydrogens is 132 g/mol. The lowest BCUT2D eigenvalue weighted by molar-refractivity contribution is 0.723. The van der Waals surface area contributed by atoms with Gasteiger partial charge in [0, 0.05) is 0 Å². The van der Waals surface area contributed by atoms with Crippen molar-refractivity contribution in [3.8, 4) is 0 Å². The Morgan fingerprint density at radius 2 is 2.27 bits per heavy atom. The van der Waals surface area contributed by atoms with Crippen LogP contribution in [0.5, 0.6) is 0 Å². The molecular formula is C11H16. The van der Waals surface area contributed by atoms with Crippen molar-refractivity contribution in [2.75, 3.05) is 0 Å². The van der Waals surface area contributed by atoms with E-state index >= 15 is 0 Å². The maximum atomic E-state index is 3.95. The SMILES string of the molecule is C=C(C)C1=CC(C)CC=C1C. The van der Waals surface area contributed by atoms with Crippen LogP contribution in [0, 0.1) is 5.92 Å². The molecule has 0 N–H and O–H groups in total. The van der Waals surface area contributed by atoms with Crippen LogP contribution < -0.4 is 0 Å². The van der Waals surface area contributed by atoms with Crippen LogP contribution in [-0.2, 0) is 0 Å². The van der Waals surface area contributed by atoms with Crippen molar-refractivity contribution in [1.82, 2.24) is 0 Å². The predicted octanol–water partition coefficient (Wildman–Crippen LogP) is 3.48. The largest absolute Gasteiger partial charge is 0.0955 e. The van der Waals surface area contributed by atoms with E-state index in [1.807, 2.05) is 0 Å². The second kappa shape index (κ2) is 3.08. The molecule has 11 heavy (non-hydrogen) atoms. The minimum atomic E-state index is 0.686. The Kier molecular flexibility index (Phi) is 2.33. The van der Waals surface area contributed by atoms with Gasteiger partial charge in [-0.15, -0.1) is 0 Å². The van der Waals surface area contributed by atoms with Crippen molar-refractivity contribution in [1.29, 1.82) is 0 Å². The van der Waals surface area contributed by atoms with Crippen molar-refractivity contribution in [3.05, 3.63) is 35.5 Å². The van der Waals surface area contributed by atoms with Gasteiger partial charge < -0.3 is 0 Å². The summed E-state index contributed by atoms with van der Waals surface area (Å²) in [5.74, 6) is 0.686. The third kappa shape index (κ3) is 1.83. The monoisotopic (exact) mass is 148 g/mol. The molecule has 0 nitrogen and oxygen atoms in total. The summed E-state index contributed by atoms with van der Waals surface area (Å²) in [5, 5.41) is 0. The second-order valence-electron chi connectivity index (χ2n) is 3.46. The Hall–Kier alpha value is -0.780. The summed E-state index contributed by atoms with van der Waals surface area (Å²) in [4.78, 5) is 0. The fourth-order valence-electron chi connectivity index (χ4n) is 1.44. The van der Waals surface area contributed by atoms with Crippen molar-refractivity contribution in [2.24, 2.45) is 5.92 Å². The smallest absolute Gasteiger partial charge is 0.0218 e. The molecule has 0 fully saturated rings. The Morgan fingerprint density at radius 3 is 2.73 bits per heavy atom. The van der Waals surface area contributed by atoms with Crippen LogP contribution in [0.25, 0.3) is 0 Å². The first-order valence-electron chi connectivity index (χ1n) is 4.16. The molecule has 0 spiro atoms. The van der Waals surface area contributed by atoms with Crippen LogP contribution in [-0.4, -0.2) is 0 Å². The molecule has 0 bridgehead atoms. The molecule has 1 unspecified atom stereocenters. The van der Waals surface area contributed by atoms with E-state index in [1.165, 1.54) is 23.1 Å². The number of hydrogen-bond donors (Lipinski definition) is 0. The van der Waals surface area contributed by atoms with Gasteiger partial charge in [-0.2, -0.15) is 0 Å². The van der Waals surface area contributed by atoms with Crippen molar-refractivity contribution in [3.63, 3.8) is 0 Å². The van der Waals surface area contributed by atoms with Crippen LogP contribution in [0.2, 0.25) is 0 Å². The average Bonchev–Trinajstić information content (AvgIpc) is 1.94. The van der Waals surface area contributed by atoms with E-state index in [0.29, 0.717) is 5.92 Å². The first-order valence-corrected chi connectivity index (χ1v) is 4.16. The van der Waals surface area contributed by atoms with E-state index in [1.54, 1.807) is 0 Å². The van der Waals surface area contributed by atoms with Gasteiger partial charge in [-0.3, -0.25) is 0 Å². The van der Waals surface area contributed by atoms with Crippen molar-refractivity contribution < 1.29 is 0 Å². The summed E-state index contributed by atoms with van der Waals surface area (Å²) in [6, 6.07) is 0. The lowest BCUT2D eigenvalue weighted by Crippen LogP contribution is -1.99. The molecule has 0 aromatic heterocycles. The quantitative estimate of drug-likeness (QED) is 0.534. The number of rotatable bonds is 1. The van der Waals surface area contributed by atoms with Gasteiger partial charge in [0.05, 0.1) is 0 Å². The van der Waals surface area contributed by atoms with E-state index in [9.17, 15) is 0 Å². The highest BCUT2D eigenvalue weighted by Gasteiger charge is 2.08. The zero-order valence-electron chi connectivity index (χ0n) is 7.65. The topological polar surface area (TPSA) is 0 Å². The van der Waals surface area contributed by atoms with Crippen LogP contribution in [0.1, 0.15) is 27.2 Å². The van der Waals surface area contributed by atoms with Gasteiger partial charge in [0.25, 0.3) is 0 Å². The highest BCUT2D eigenvalue weighted by atomic mass is 14.1. The molecule has 0 aliphatic heterocycles. The van der Waals surface area contributed by atoms with Gasteiger partial charge >= 0.3 is 0 Å². The van der Waals surface area contributed by atoms with Gasteiger partial charge in [0.1, 0.15) is 0 Å². The van der Waals surface area contributed by atoms with Crippen LogP contribution in [0.3, 0.4) is 0 Å². The Labute approximate surface area is 69.3 Å². The summed E-state index contributed by atoms with van der Waals surface area (Å²) in [6.45, 7) is 10.4. The van der Waals surface area contributed by atoms with E-state index in [4.69, 9.17) is 0 Å². The van der Waals surface area contributed by atoms with Gasteiger partial charge in [-0.05, 0) is 37.3 Å². The summed E-state index contributed by atoms with van der Waals surface area (Å²) in [6.07, 6.45) is 5.80. The first-order chi connectivity index (χ1) is 5.11. The average molecular weight is 148 g/mol. The fourth-order valence-corrected chi connectivity index (χ4v) is 1.44. The van der Waals surface area contributed by atoms with E-state index in [-0.39, 0.29) is 0 Å². The molecule has 0 aromatic carbocycles. The molecule has 0 heteroatoms. The maximum absolute atomic E-state index is 3.95. The van der Waals surface area contributed by atoms with Crippen molar-refractivity contribution >= 4 is 0 Å². The zero-order valence-corrected chi connectivity index (χ0v) is 7.65. The molecule has 1 aliphatic rings. The summed E-state index contributed by atoms with van der Waals surface area (Å²) >= 11 is 0. The third-order valence-corrected chi connectivity index (χ3v) is 2.13. The molecule has 0 saturated heterocycles. The number of hydrogen-bond acceptors (Lipinski definition) is 0. The van der Waals surface area contributed by atoms with Crippen LogP contribution >= 0.6 is 0 Å². The summed E-state index contributed by atoms with van der Waals surface area (Å²) in [7, 11) is 0. The fraction of sp³-hybridized carbons (Fsp3) is 0.455. The molecule has 1 aliphatic carbocycles. The Morgan fingerprint density at radius 1 is 1.64 bits per heavy atom. The van der Waals surface area contributed by atoms with Gasteiger partial charge in [-0.1, -0.05) is 31.2 Å². The van der Waals surface area contributed by atoms with E-state index in [0.717, 1.165) is 0 Å². The van der Waals surface area contributed by atoms with Gasteiger partial charge in [-0.25, -0.2) is 0 Å². The van der Waals surface area contributed by atoms with Gasteiger partial charge in [0.15, 0.2) is 0 Å². The summed E-state index contributed by atoms with van der Waals surface area (Å²) < 4.78 is 0. The van der Waals surface area contributed by atoms with Crippen molar-refractivity contribution in [2.45, 2.75) is 27.2 Å². The highest BCUT2D eigenvalue weighted by molar-refractivity contribution is 5.45. The highest BCUT2D eigenvalue weighted by Crippen LogP contribution is 2.26. The minimum absolute atomic E-state index is 0.686. The van der Waals surface area contributed by atoms with E-state index in [2.05, 4.69) is 39.5 Å². The second-order valence-corrected chi connectivity index (χ2v) is 3.46. The summed E-state index contributed by atoms with van der Waals surface area (Å²) in [5.41, 5.74) is 3.92. The molecule has 0 radical (unpaired) electrons. The molecule has 60 valence electrons. The zero-order chi connectivity index (χ0) is 8.43. The molecule has 0 heterocycles. The molecule has 1 atom stereocenters. The third-order valence-electron chi connectivity index (χ3n) is 2.13. The minimum Gasteiger partial charge on any atom is -0.0955 e. The predicted molar refractivity (Wildman–Crippen MR) is 50.4 cm³/mol. The normalized spacial score (nSPS) is 24.1. The number of allylic oxidation sites excluding steroid dienone is 5. The molecule has 0 aromatic rings. The standard InChI is InChI=1S/C11H16/c1-8(2)11-7-9(3)5-6-10(11)4/h6-7,9H,1,5H2,2-4H3. The van der Waals surface area contributed by atoms with E-state index < -0.39 is 0 Å². The molecule has 0 amide bonds. The Bertz CT molecular complexity index is 228.